The SMILES string of the molecule is CCCCN(Cc1ccccc1)Cc1c(O)ccc2ccc(=O)oc12. The van der Waals surface area contributed by atoms with Crippen LogP contribution in [-0.2, 0) is 13.1 Å². The predicted molar refractivity (Wildman–Crippen MR) is 99.6 cm³/mol. The third-order valence-corrected chi connectivity index (χ3v) is 4.33. The van der Waals surface area contributed by atoms with Crippen molar-refractivity contribution in [2.75, 3.05) is 6.54 Å². The minimum Gasteiger partial charge on any atom is -0.507 e. The van der Waals surface area contributed by atoms with Gasteiger partial charge in [0.25, 0.3) is 0 Å². The number of phenolic OH excluding ortho intramolecular Hbond substituents is 1. The lowest BCUT2D eigenvalue weighted by Gasteiger charge is -2.23. The minimum absolute atomic E-state index is 0.163. The molecule has 130 valence electrons. The lowest BCUT2D eigenvalue weighted by molar-refractivity contribution is 0.249. The van der Waals surface area contributed by atoms with Crippen molar-refractivity contribution in [3.8, 4) is 5.75 Å². The molecule has 0 radical (unpaired) electrons. The molecule has 0 spiro atoms. The lowest BCUT2D eigenvalue weighted by atomic mass is 10.1. The van der Waals surface area contributed by atoms with Crippen molar-refractivity contribution in [1.82, 2.24) is 4.90 Å². The summed E-state index contributed by atoms with van der Waals surface area (Å²) in [6.07, 6.45) is 2.17. The van der Waals surface area contributed by atoms with Crippen LogP contribution in [0.15, 0.2) is 63.8 Å². The quantitative estimate of drug-likeness (QED) is 0.653. The molecule has 1 aromatic heterocycles. The van der Waals surface area contributed by atoms with E-state index in [1.165, 1.54) is 11.6 Å². The molecule has 0 saturated heterocycles. The highest BCUT2D eigenvalue weighted by Crippen LogP contribution is 2.28. The molecular formula is C21H23NO3. The van der Waals surface area contributed by atoms with Crippen LogP contribution in [0.3, 0.4) is 0 Å². The number of hydrogen-bond acceptors (Lipinski definition) is 4. The van der Waals surface area contributed by atoms with Crippen molar-refractivity contribution in [3.63, 3.8) is 0 Å². The first kappa shape index (κ1) is 17.2. The van der Waals surface area contributed by atoms with E-state index in [0.29, 0.717) is 17.7 Å². The Kier molecular flexibility index (Phi) is 5.51. The van der Waals surface area contributed by atoms with Gasteiger partial charge < -0.3 is 9.52 Å². The standard InChI is InChI=1S/C21H23NO3/c1-2-3-13-22(14-16-7-5-4-6-8-16)15-18-19(23)11-9-17-10-12-20(24)25-21(17)18/h4-12,23H,2-3,13-15H2,1H3. The molecule has 0 aliphatic rings. The number of rotatable bonds is 7. The summed E-state index contributed by atoms with van der Waals surface area (Å²) in [6.45, 7) is 4.40. The van der Waals surface area contributed by atoms with E-state index in [2.05, 4.69) is 24.0 Å². The maximum atomic E-state index is 11.6. The molecular weight excluding hydrogens is 314 g/mol. The Balaban J connectivity index is 1.93. The number of nitrogens with zero attached hydrogens (tertiary/aromatic N) is 1. The summed E-state index contributed by atoms with van der Waals surface area (Å²) in [6, 6.07) is 16.8. The fraction of sp³-hybridized carbons (Fsp3) is 0.286. The third kappa shape index (κ3) is 4.28. The highest BCUT2D eigenvalue weighted by molar-refractivity contribution is 5.81. The Morgan fingerprint density at radius 1 is 1.00 bits per heavy atom. The van der Waals surface area contributed by atoms with Crippen molar-refractivity contribution < 1.29 is 9.52 Å². The van der Waals surface area contributed by atoms with Crippen LogP contribution in [0.25, 0.3) is 11.0 Å². The summed E-state index contributed by atoms with van der Waals surface area (Å²) in [5.41, 5.74) is 1.96. The van der Waals surface area contributed by atoms with Crippen molar-refractivity contribution in [2.45, 2.75) is 32.9 Å². The van der Waals surface area contributed by atoms with Gasteiger partial charge in [-0.05, 0) is 36.7 Å². The number of aromatic hydroxyl groups is 1. The zero-order valence-corrected chi connectivity index (χ0v) is 14.4. The smallest absolute Gasteiger partial charge is 0.336 e. The summed E-state index contributed by atoms with van der Waals surface area (Å²) in [7, 11) is 0. The first-order chi connectivity index (χ1) is 12.2. The summed E-state index contributed by atoms with van der Waals surface area (Å²) in [4.78, 5) is 13.9. The molecule has 4 nitrogen and oxygen atoms in total. The van der Waals surface area contributed by atoms with E-state index in [9.17, 15) is 9.90 Å². The van der Waals surface area contributed by atoms with E-state index < -0.39 is 5.63 Å². The zero-order valence-electron chi connectivity index (χ0n) is 14.4. The Hall–Kier alpha value is -2.59. The Morgan fingerprint density at radius 2 is 1.76 bits per heavy atom. The van der Waals surface area contributed by atoms with Gasteiger partial charge in [0, 0.05) is 24.5 Å². The normalized spacial score (nSPS) is 11.3. The van der Waals surface area contributed by atoms with E-state index in [4.69, 9.17) is 4.42 Å². The summed E-state index contributed by atoms with van der Waals surface area (Å²) in [5, 5.41) is 11.2. The molecule has 0 fully saturated rings. The number of benzene rings is 2. The van der Waals surface area contributed by atoms with Crippen LogP contribution < -0.4 is 5.63 Å². The van der Waals surface area contributed by atoms with Crippen LogP contribution >= 0.6 is 0 Å². The van der Waals surface area contributed by atoms with E-state index in [1.54, 1.807) is 18.2 Å². The second-order valence-corrected chi connectivity index (χ2v) is 6.29. The first-order valence-corrected chi connectivity index (χ1v) is 8.68. The van der Waals surface area contributed by atoms with Crippen LogP contribution in [-0.4, -0.2) is 16.6 Å². The fourth-order valence-corrected chi connectivity index (χ4v) is 2.99. The average molecular weight is 337 g/mol. The summed E-state index contributed by atoms with van der Waals surface area (Å²) < 4.78 is 5.39. The number of phenols is 1. The van der Waals surface area contributed by atoms with Gasteiger partial charge in [-0.15, -0.1) is 0 Å². The zero-order chi connectivity index (χ0) is 17.6. The first-order valence-electron chi connectivity index (χ1n) is 8.68. The Labute approximate surface area is 147 Å². The molecule has 0 amide bonds. The number of unbranched alkanes of at least 4 members (excludes halogenated alkanes) is 1. The molecule has 0 atom stereocenters. The van der Waals surface area contributed by atoms with Crippen molar-refractivity contribution in [2.24, 2.45) is 0 Å². The highest BCUT2D eigenvalue weighted by atomic mass is 16.4. The molecule has 3 aromatic rings. The molecule has 0 aliphatic heterocycles. The van der Waals surface area contributed by atoms with Crippen LogP contribution in [0.2, 0.25) is 0 Å². The minimum atomic E-state index is -0.400. The van der Waals surface area contributed by atoms with Gasteiger partial charge in [0.1, 0.15) is 11.3 Å². The molecule has 0 aliphatic carbocycles. The molecule has 1 N–H and O–H groups in total. The molecule has 0 saturated carbocycles. The van der Waals surface area contributed by atoms with Crippen LogP contribution in [0.4, 0.5) is 0 Å². The van der Waals surface area contributed by atoms with Crippen molar-refractivity contribution in [3.05, 3.63) is 76.1 Å². The van der Waals surface area contributed by atoms with E-state index in [0.717, 1.165) is 31.3 Å². The fourth-order valence-electron chi connectivity index (χ4n) is 2.99. The molecule has 3 rings (SSSR count). The van der Waals surface area contributed by atoms with Gasteiger partial charge in [-0.1, -0.05) is 43.7 Å². The Bertz CT molecular complexity index is 887. The van der Waals surface area contributed by atoms with Gasteiger partial charge in [-0.3, -0.25) is 4.90 Å². The molecule has 0 unspecified atom stereocenters. The highest BCUT2D eigenvalue weighted by Gasteiger charge is 2.15. The van der Waals surface area contributed by atoms with E-state index in [-0.39, 0.29) is 5.75 Å². The van der Waals surface area contributed by atoms with E-state index in [1.807, 2.05) is 18.2 Å². The number of fused-ring (bicyclic) bond motifs is 1. The van der Waals surface area contributed by atoms with Gasteiger partial charge in [-0.2, -0.15) is 0 Å². The van der Waals surface area contributed by atoms with Gasteiger partial charge in [0.15, 0.2) is 0 Å². The average Bonchev–Trinajstić information content (AvgIpc) is 2.63. The maximum absolute atomic E-state index is 11.6. The van der Waals surface area contributed by atoms with Gasteiger partial charge in [0.2, 0.25) is 0 Å². The van der Waals surface area contributed by atoms with Crippen molar-refractivity contribution >= 4 is 11.0 Å². The van der Waals surface area contributed by atoms with Gasteiger partial charge in [0.05, 0.1) is 5.56 Å². The molecule has 2 aromatic carbocycles. The lowest BCUT2D eigenvalue weighted by Crippen LogP contribution is -2.24. The maximum Gasteiger partial charge on any atom is 0.336 e. The molecule has 4 heteroatoms. The Morgan fingerprint density at radius 3 is 2.52 bits per heavy atom. The predicted octanol–water partition coefficient (Wildman–Crippen LogP) is 4.30. The van der Waals surface area contributed by atoms with Crippen molar-refractivity contribution in [1.29, 1.82) is 0 Å². The number of hydrogen-bond donors (Lipinski definition) is 1. The van der Waals surface area contributed by atoms with Gasteiger partial charge in [-0.25, -0.2) is 4.79 Å². The third-order valence-electron chi connectivity index (χ3n) is 4.33. The van der Waals surface area contributed by atoms with Crippen LogP contribution in [0.1, 0.15) is 30.9 Å². The van der Waals surface area contributed by atoms with Crippen LogP contribution in [0.5, 0.6) is 5.75 Å². The second-order valence-electron chi connectivity index (χ2n) is 6.29. The van der Waals surface area contributed by atoms with Gasteiger partial charge >= 0.3 is 5.63 Å². The largest absolute Gasteiger partial charge is 0.507 e. The molecule has 1 heterocycles. The topological polar surface area (TPSA) is 53.7 Å². The van der Waals surface area contributed by atoms with Crippen LogP contribution in [0, 0.1) is 0 Å². The summed E-state index contributed by atoms with van der Waals surface area (Å²) >= 11 is 0. The summed E-state index contributed by atoms with van der Waals surface area (Å²) in [5.74, 6) is 0.163. The second kappa shape index (κ2) is 7.99. The molecule has 25 heavy (non-hydrogen) atoms. The van der Waals surface area contributed by atoms with E-state index >= 15 is 0 Å². The monoisotopic (exact) mass is 337 g/mol. The molecule has 0 bridgehead atoms.